The van der Waals surface area contributed by atoms with Gasteiger partial charge in [0.25, 0.3) is 0 Å². The Labute approximate surface area is 77.2 Å². The van der Waals surface area contributed by atoms with Crippen molar-refractivity contribution in [2.75, 3.05) is 6.61 Å². The molecule has 1 rings (SSSR count). The standard InChI is InChI=1S/C9H14O4/c1-4-12-9(11)7-6(5(2)3)8(10)13-7/h5-7H,4H2,1-3H3/t6-,7-/m0/s1. The molecule has 13 heavy (non-hydrogen) atoms. The van der Waals surface area contributed by atoms with Gasteiger partial charge >= 0.3 is 11.9 Å². The van der Waals surface area contributed by atoms with Gasteiger partial charge in [-0.25, -0.2) is 4.79 Å². The Balaban J connectivity index is 2.53. The van der Waals surface area contributed by atoms with Gasteiger partial charge in [-0.2, -0.15) is 0 Å². The molecule has 1 saturated heterocycles. The van der Waals surface area contributed by atoms with Gasteiger partial charge in [-0.3, -0.25) is 4.79 Å². The molecule has 0 aromatic heterocycles. The lowest BCUT2D eigenvalue weighted by molar-refractivity contribution is -0.201. The van der Waals surface area contributed by atoms with Gasteiger partial charge in [-0.1, -0.05) is 13.8 Å². The van der Waals surface area contributed by atoms with Crippen molar-refractivity contribution < 1.29 is 19.1 Å². The zero-order valence-corrected chi connectivity index (χ0v) is 8.07. The zero-order valence-electron chi connectivity index (χ0n) is 8.07. The Hall–Kier alpha value is -1.06. The maximum absolute atomic E-state index is 11.2. The maximum Gasteiger partial charge on any atom is 0.348 e. The van der Waals surface area contributed by atoms with Gasteiger partial charge in [-0.05, 0) is 12.8 Å². The van der Waals surface area contributed by atoms with Gasteiger partial charge < -0.3 is 9.47 Å². The van der Waals surface area contributed by atoms with Crippen LogP contribution in [0.2, 0.25) is 0 Å². The van der Waals surface area contributed by atoms with Crippen molar-refractivity contribution in [3.05, 3.63) is 0 Å². The van der Waals surface area contributed by atoms with Gasteiger partial charge in [0.15, 0.2) is 0 Å². The van der Waals surface area contributed by atoms with E-state index in [0.717, 1.165) is 0 Å². The first-order chi connectivity index (χ1) is 6.07. The summed E-state index contributed by atoms with van der Waals surface area (Å²) in [6.07, 6.45) is -0.674. The van der Waals surface area contributed by atoms with Crippen LogP contribution in [0.1, 0.15) is 20.8 Å². The summed E-state index contributed by atoms with van der Waals surface area (Å²) in [4.78, 5) is 22.1. The smallest absolute Gasteiger partial charge is 0.348 e. The third-order valence-corrected chi connectivity index (χ3v) is 2.08. The monoisotopic (exact) mass is 186 g/mol. The number of hydrogen-bond acceptors (Lipinski definition) is 4. The Morgan fingerprint density at radius 1 is 1.62 bits per heavy atom. The van der Waals surface area contributed by atoms with Crippen molar-refractivity contribution in [2.24, 2.45) is 11.8 Å². The average Bonchev–Trinajstić information content (AvgIpc) is 1.98. The van der Waals surface area contributed by atoms with Crippen LogP contribution >= 0.6 is 0 Å². The molecule has 0 aromatic rings. The van der Waals surface area contributed by atoms with E-state index >= 15 is 0 Å². The molecule has 0 N–H and O–H groups in total. The molecule has 74 valence electrons. The van der Waals surface area contributed by atoms with Crippen molar-refractivity contribution >= 4 is 11.9 Å². The number of rotatable bonds is 3. The number of carbonyl (C=O) groups excluding carboxylic acids is 2. The summed E-state index contributed by atoms with van der Waals surface area (Å²) in [7, 11) is 0. The van der Waals surface area contributed by atoms with E-state index in [1.54, 1.807) is 6.92 Å². The fourth-order valence-corrected chi connectivity index (χ4v) is 1.37. The second kappa shape index (κ2) is 3.77. The summed E-state index contributed by atoms with van der Waals surface area (Å²) >= 11 is 0. The van der Waals surface area contributed by atoms with Crippen LogP contribution in [0, 0.1) is 11.8 Å². The zero-order chi connectivity index (χ0) is 10.0. The van der Waals surface area contributed by atoms with E-state index in [-0.39, 0.29) is 17.8 Å². The van der Waals surface area contributed by atoms with E-state index in [9.17, 15) is 9.59 Å². The van der Waals surface area contributed by atoms with E-state index in [1.807, 2.05) is 13.8 Å². The maximum atomic E-state index is 11.2. The van der Waals surface area contributed by atoms with E-state index in [0.29, 0.717) is 6.61 Å². The third kappa shape index (κ3) is 1.82. The first-order valence-electron chi connectivity index (χ1n) is 4.45. The van der Waals surface area contributed by atoms with Gasteiger partial charge in [-0.15, -0.1) is 0 Å². The van der Waals surface area contributed by atoms with Crippen LogP contribution in [-0.2, 0) is 19.1 Å². The quantitative estimate of drug-likeness (QED) is 0.610. The van der Waals surface area contributed by atoms with Gasteiger partial charge in [0.05, 0.1) is 6.61 Å². The van der Waals surface area contributed by atoms with Crippen LogP contribution in [0.25, 0.3) is 0 Å². The van der Waals surface area contributed by atoms with E-state index in [2.05, 4.69) is 0 Å². The van der Waals surface area contributed by atoms with Crippen molar-refractivity contribution in [1.82, 2.24) is 0 Å². The highest BCUT2D eigenvalue weighted by atomic mass is 16.6. The molecule has 0 spiro atoms. The highest BCUT2D eigenvalue weighted by Crippen LogP contribution is 2.30. The van der Waals surface area contributed by atoms with Gasteiger partial charge in [0, 0.05) is 0 Å². The van der Waals surface area contributed by atoms with Gasteiger partial charge in [0.2, 0.25) is 6.10 Å². The minimum absolute atomic E-state index is 0.121. The van der Waals surface area contributed by atoms with Crippen LogP contribution in [0.3, 0.4) is 0 Å². The molecule has 1 heterocycles. The molecule has 4 heteroatoms. The normalized spacial score (nSPS) is 26.6. The Bertz CT molecular complexity index is 222. The second-order valence-corrected chi connectivity index (χ2v) is 3.38. The van der Waals surface area contributed by atoms with Gasteiger partial charge in [0.1, 0.15) is 5.92 Å². The van der Waals surface area contributed by atoms with Crippen LogP contribution < -0.4 is 0 Å². The van der Waals surface area contributed by atoms with Crippen molar-refractivity contribution in [3.8, 4) is 0 Å². The van der Waals surface area contributed by atoms with Crippen LogP contribution in [0.15, 0.2) is 0 Å². The topological polar surface area (TPSA) is 52.6 Å². The number of hydrogen-bond donors (Lipinski definition) is 0. The summed E-state index contributed by atoms with van der Waals surface area (Å²) in [5, 5.41) is 0. The summed E-state index contributed by atoms with van der Waals surface area (Å²) < 4.78 is 9.47. The van der Waals surface area contributed by atoms with Crippen LogP contribution in [-0.4, -0.2) is 24.6 Å². The van der Waals surface area contributed by atoms with Crippen molar-refractivity contribution in [3.63, 3.8) is 0 Å². The molecule has 2 atom stereocenters. The Morgan fingerprint density at radius 2 is 2.23 bits per heavy atom. The number of ether oxygens (including phenoxy) is 2. The summed E-state index contributed by atoms with van der Waals surface area (Å²) in [6, 6.07) is 0. The molecule has 0 amide bonds. The lowest BCUT2D eigenvalue weighted by Crippen LogP contribution is -2.52. The summed E-state index contributed by atoms with van der Waals surface area (Å²) in [5.41, 5.74) is 0. The molecule has 0 aliphatic carbocycles. The lowest BCUT2D eigenvalue weighted by Gasteiger charge is -2.35. The minimum atomic E-state index is -0.674. The molecule has 1 fully saturated rings. The molecule has 0 aromatic carbocycles. The molecule has 0 bridgehead atoms. The first-order valence-corrected chi connectivity index (χ1v) is 4.45. The number of esters is 2. The molecule has 0 saturated carbocycles. The lowest BCUT2D eigenvalue weighted by atomic mass is 9.86. The van der Waals surface area contributed by atoms with E-state index in [1.165, 1.54) is 0 Å². The highest BCUT2D eigenvalue weighted by molar-refractivity contribution is 5.91. The molecule has 4 nitrogen and oxygen atoms in total. The predicted molar refractivity (Wildman–Crippen MR) is 44.8 cm³/mol. The Morgan fingerprint density at radius 3 is 2.62 bits per heavy atom. The SMILES string of the molecule is CCOC(=O)[C@H]1OC(=O)[C@H]1C(C)C. The third-order valence-electron chi connectivity index (χ3n) is 2.08. The van der Waals surface area contributed by atoms with Crippen molar-refractivity contribution in [1.29, 1.82) is 0 Å². The molecule has 0 radical (unpaired) electrons. The molecule has 1 aliphatic heterocycles. The van der Waals surface area contributed by atoms with Crippen LogP contribution in [0.5, 0.6) is 0 Å². The molecule has 1 aliphatic rings. The predicted octanol–water partition coefficient (Wildman–Crippen LogP) is 0.747. The number of carbonyl (C=O) groups is 2. The van der Waals surface area contributed by atoms with E-state index < -0.39 is 12.1 Å². The second-order valence-electron chi connectivity index (χ2n) is 3.38. The van der Waals surface area contributed by atoms with Crippen molar-refractivity contribution in [2.45, 2.75) is 26.9 Å². The molecular weight excluding hydrogens is 172 g/mol. The summed E-state index contributed by atoms with van der Waals surface area (Å²) in [6.45, 7) is 5.81. The molecular formula is C9H14O4. The average molecular weight is 186 g/mol. The first kappa shape index (κ1) is 10.0. The largest absolute Gasteiger partial charge is 0.463 e. The van der Waals surface area contributed by atoms with E-state index in [4.69, 9.17) is 9.47 Å². The minimum Gasteiger partial charge on any atom is -0.463 e. The van der Waals surface area contributed by atoms with Crippen LogP contribution in [0.4, 0.5) is 0 Å². The number of cyclic esters (lactones) is 1. The highest BCUT2D eigenvalue weighted by Gasteiger charge is 2.49. The summed E-state index contributed by atoms with van der Waals surface area (Å²) in [5.74, 6) is -0.927. The molecule has 0 unspecified atom stereocenters. The Kier molecular flexibility index (Phi) is 2.90. The fourth-order valence-electron chi connectivity index (χ4n) is 1.37. The fraction of sp³-hybridized carbons (Fsp3) is 0.778.